The summed E-state index contributed by atoms with van der Waals surface area (Å²) in [5.41, 5.74) is 2.72. The molecular formula is C19H20N2O4. The Balaban J connectivity index is 1.59. The number of hydrogen-bond donors (Lipinski definition) is 2. The van der Waals surface area contributed by atoms with Gasteiger partial charge in [0.15, 0.2) is 0 Å². The lowest BCUT2D eigenvalue weighted by atomic mass is 9.97. The van der Waals surface area contributed by atoms with E-state index < -0.39 is 11.8 Å². The molecule has 6 heteroatoms. The molecule has 2 N–H and O–H groups in total. The summed E-state index contributed by atoms with van der Waals surface area (Å²) in [5, 5.41) is 5.19. The molecule has 1 aliphatic rings. The van der Waals surface area contributed by atoms with E-state index >= 15 is 0 Å². The fraction of sp³-hybridized carbons (Fsp3) is 0.263. The van der Waals surface area contributed by atoms with E-state index in [1.807, 2.05) is 18.2 Å². The normalized spacial score (nSPS) is 15.8. The van der Waals surface area contributed by atoms with Crippen molar-refractivity contribution in [2.75, 3.05) is 25.6 Å². The quantitative estimate of drug-likeness (QED) is 0.836. The van der Waals surface area contributed by atoms with Gasteiger partial charge in [-0.1, -0.05) is 36.4 Å². The van der Waals surface area contributed by atoms with E-state index in [2.05, 4.69) is 16.7 Å². The number of benzene rings is 2. The molecule has 130 valence electrons. The van der Waals surface area contributed by atoms with Gasteiger partial charge >= 0.3 is 11.8 Å². The molecule has 0 fully saturated rings. The lowest BCUT2D eigenvalue weighted by Crippen LogP contribution is -2.39. The van der Waals surface area contributed by atoms with Gasteiger partial charge in [-0.05, 0) is 29.7 Å². The van der Waals surface area contributed by atoms with E-state index in [1.165, 1.54) is 12.7 Å². The van der Waals surface area contributed by atoms with Crippen LogP contribution >= 0.6 is 0 Å². The van der Waals surface area contributed by atoms with Crippen LogP contribution in [0.3, 0.4) is 0 Å². The monoisotopic (exact) mass is 340 g/mol. The van der Waals surface area contributed by atoms with Gasteiger partial charge in [0.05, 0.1) is 19.4 Å². The highest BCUT2D eigenvalue weighted by molar-refractivity contribution is 6.39. The predicted molar refractivity (Wildman–Crippen MR) is 93.5 cm³/mol. The second-order valence-electron chi connectivity index (χ2n) is 5.67. The molecular weight excluding hydrogens is 320 g/mol. The number of ether oxygens (including phenoxy) is 2. The van der Waals surface area contributed by atoms with Crippen LogP contribution in [0.25, 0.3) is 0 Å². The maximum atomic E-state index is 12.1. The lowest BCUT2D eigenvalue weighted by Gasteiger charge is -2.26. The zero-order valence-corrected chi connectivity index (χ0v) is 14.0. The Kier molecular flexibility index (Phi) is 5.30. The molecule has 3 rings (SSSR count). The van der Waals surface area contributed by atoms with Crippen molar-refractivity contribution in [2.24, 2.45) is 0 Å². The standard InChI is InChI=1S/C19H20N2O4/c1-24-16-9-5-4-8-15(16)21-19(23)18(22)20-12-17-14-7-3-2-6-13(14)10-11-25-17/h2-9,17H,10-12H2,1H3,(H,20,22)(H,21,23)/t17-/m0/s1. The van der Waals surface area contributed by atoms with E-state index in [1.54, 1.807) is 24.3 Å². The Morgan fingerprint density at radius 2 is 1.88 bits per heavy atom. The minimum absolute atomic E-state index is 0.243. The number of hydrogen-bond acceptors (Lipinski definition) is 4. The fourth-order valence-corrected chi connectivity index (χ4v) is 2.84. The lowest BCUT2D eigenvalue weighted by molar-refractivity contribution is -0.136. The Bertz CT molecular complexity index is 776. The smallest absolute Gasteiger partial charge is 0.313 e. The SMILES string of the molecule is COc1ccccc1NC(=O)C(=O)NC[C@@H]1OCCc2ccccc21. The average Bonchev–Trinajstić information content (AvgIpc) is 2.66. The molecule has 0 radical (unpaired) electrons. The van der Waals surface area contributed by atoms with Crippen LogP contribution in [0.4, 0.5) is 5.69 Å². The van der Waals surface area contributed by atoms with Gasteiger partial charge in [0, 0.05) is 6.54 Å². The molecule has 1 aliphatic heterocycles. The molecule has 0 bridgehead atoms. The number of carbonyl (C=O) groups is 2. The highest BCUT2D eigenvalue weighted by Gasteiger charge is 2.22. The van der Waals surface area contributed by atoms with E-state index in [0.717, 1.165) is 12.0 Å². The molecule has 1 heterocycles. The van der Waals surface area contributed by atoms with Crippen LogP contribution in [0.1, 0.15) is 17.2 Å². The average molecular weight is 340 g/mol. The maximum Gasteiger partial charge on any atom is 0.313 e. The number of rotatable bonds is 4. The third-order valence-electron chi connectivity index (χ3n) is 4.10. The van der Waals surface area contributed by atoms with Crippen molar-refractivity contribution >= 4 is 17.5 Å². The van der Waals surface area contributed by atoms with Gasteiger partial charge < -0.3 is 20.1 Å². The zero-order valence-electron chi connectivity index (χ0n) is 14.0. The second-order valence-corrected chi connectivity index (χ2v) is 5.67. The third kappa shape index (κ3) is 3.97. The molecule has 0 spiro atoms. The first-order chi connectivity index (χ1) is 12.2. The van der Waals surface area contributed by atoms with Crippen molar-refractivity contribution in [3.63, 3.8) is 0 Å². The summed E-state index contributed by atoms with van der Waals surface area (Å²) in [4.78, 5) is 24.2. The van der Waals surface area contributed by atoms with Crippen LogP contribution < -0.4 is 15.4 Å². The first-order valence-electron chi connectivity index (χ1n) is 8.10. The minimum atomic E-state index is -0.742. The molecule has 25 heavy (non-hydrogen) atoms. The highest BCUT2D eigenvalue weighted by Crippen LogP contribution is 2.26. The molecule has 2 aromatic carbocycles. The van der Waals surface area contributed by atoms with Gasteiger partial charge in [-0.25, -0.2) is 0 Å². The van der Waals surface area contributed by atoms with Gasteiger partial charge in [0.25, 0.3) is 0 Å². The Morgan fingerprint density at radius 3 is 2.72 bits per heavy atom. The summed E-state index contributed by atoms with van der Waals surface area (Å²) in [6.07, 6.45) is 0.613. The van der Waals surface area contributed by atoms with Gasteiger partial charge in [0.2, 0.25) is 0 Å². The van der Waals surface area contributed by atoms with E-state index in [9.17, 15) is 9.59 Å². The molecule has 0 aliphatic carbocycles. The van der Waals surface area contributed by atoms with Gasteiger partial charge in [-0.15, -0.1) is 0 Å². The number of fused-ring (bicyclic) bond motifs is 1. The van der Waals surface area contributed by atoms with E-state index in [4.69, 9.17) is 9.47 Å². The molecule has 2 amide bonds. The van der Waals surface area contributed by atoms with Gasteiger partial charge in [-0.3, -0.25) is 9.59 Å². The second kappa shape index (κ2) is 7.81. The van der Waals surface area contributed by atoms with Crippen LogP contribution in [0.2, 0.25) is 0 Å². The van der Waals surface area contributed by atoms with Crippen LogP contribution in [-0.4, -0.2) is 32.1 Å². The first kappa shape index (κ1) is 17.0. The Labute approximate surface area is 146 Å². The molecule has 1 atom stereocenters. The van der Waals surface area contributed by atoms with E-state index in [-0.39, 0.29) is 12.6 Å². The van der Waals surface area contributed by atoms with Crippen LogP contribution in [0.15, 0.2) is 48.5 Å². The maximum absolute atomic E-state index is 12.1. The molecule has 0 unspecified atom stereocenters. The Hall–Kier alpha value is -2.86. The predicted octanol–water partition coefficient (Wildman–Crippen LogP) is 2.06. The van der Waals surface area contributed by atoms with Crippen molar-refractivity contribution in [3.05, 3.63) is 59.7 Å². The number of para-hydroxylation sites is 2. The van der Waals surface area contributed by atoms with Crippen molar-refractivity contribution in [3.8, 4) is 5.75 Å². The topological polar surface area (TPSA) is 76.7 Å². The van der Waals surface area contributed by atoms with E-state index in [0.29, 0.717) is 18.0 Å². The summed E-state index contributed by atoms with van der Waals surface area (Å²) in [6.45, 7) is 0.847. The van der Waals surface area contributed by atoms with Crippen molar-refractivity contribution in [1.82, 2.24) is 5.32 Å². The largest absolute Gasteiger partial charge is 0.495 e. The molecule has 0 saturated heterocycles. The number of amides is 2. The summed E-state index contributed by atoms with van der Waals surface area (Å²) < 4.78 is 10.9. The van der Waals surface area contributed by atoms with Crippen LogP contribution in [-0.2, 0) is 20.7 Å². The third-order valence-corrected chi connectivity index (χ3v) is 4.10. The summed E-state index contributed by atoms with van der Waals surface area (Å²) >= 11 is 0. The Morgan fingerprint density at radius 1 is 1.12 bits per heavy atom. The molecule has 2 aromatic rings. The highest BCUT2D eigenvalue weighted by atomic mass is 16.5. The minimum Gasteiger partial charge on any atom is -0.495 e. The summed E-state index contributed by atoms with van der Waals surface area (Å²) in [6, 6.07) is 14.9. The van der Waals surface area contributed by atoms with Crippen molar-refractivity contribution in [2.45, 2.75) is 12.5 Å². The molecule has 0 saturated carbocycles. The number of nitrogens with one attached hydrogen (secondary N) is 2. The number of anilines is 1. The summed E-state index contributed by atoms with van der Waals surface area (Å²) in [5.74, 6) is -0.959. The molecule has 6 nitrogen and oxygen atoms in total. The van der Waals surface area contributed by atoms with Crippen LogP contribution in [0, 0.1) is 0 Å². The fourth-order valence-electron chi connectivity index (χ4n) is 2.84. The summed E-state index contributed by atoms with van der Waals surface area (Å²) in [7, 11) is 1.50. The number of methoxy groups -OCH3 is 1. The first-order valence-corrected chi connectivity index (χ1v) is 8.10. The zero-order chi connectivity index (χ0) is 17.6. The number of carbonyl (C=O) groups excluding carboxylic acids is 2. The molecule has 0 aromatic heterocycles. The van der Waals surface area contributed by atoms with Gasteiger partial charge in [-0.2, -0.15) is 0 Å². The van der Waals surface area contributed by atoms with Crippen LogP contribution in [0.5, 0.6) is 5.75 Å². The van der Waals surface area contributed by atoms with Gasteiger partial charge in [0.1, 0.15) is 11.9 Å². The van der Waals surface area contributed by atoms with Crippen molar-refractivity contribution < 1.29 is 19.1 Å². The van der Waals surface area contributed by atoms with Crippen molar-refractivity contribution in [1.29, 1.82) is 0 Å².